The molecule has 2 aromatic rings. The second-order valence-electron chi connectivity index (χ2n) is 5.57. The van der Waals surface area contributed by atoms with Crippen molar-refractivity contribution in [2.75, 3.05) is 13.1 Å². The number of hydrogen-bond donors (Lipinski definition) is 2. The van der Waals surface area contributed by atoms with Gasteiger partial charge in [0.05, 0.1) is 0 Å². The highest BCUT2D eigenvalue weighted by Gasteiger charge is 2.30. The molecule has 1 saturated heterocycles. The Hall–Kier alpha value is -2.17. The number of aliphatic hydroxyl groups is 1. The summed E-state index contributed by atoms with van der Waals surface area (Å²) in [5.41, 5.74) is 1.40. The molecular weight excluding hydrogens is 290 g/mol. The second kappa shape index (κ2) is 9.08. The predicted molar refractivity (Wildman–Crippen MR) is 89.7 cm³/mol. The third kappa shape index (κ3) is 5.51. The van der Waals surface area contributed by atoms with Gasteiger partial charge in [-0.05, 0) is 30.5 Å². The summed E-state index contributed by atoms with van der Waals surface area (Å²) in [6, 6.07) is 19.5. The molecule has 1 heterocycles. The summed E-state index contributed by atoms with van der Waals surface area (Å²) < 4.78 is 4.54. The molecule has 0 bridgehead atoms. The SMILES string of the molecule is O=COCc1ccccc1.OC1(c2ccccc2)CCCNC1. The highest BCUT2D eigenvalue weighted by atomic mass is 16.5. The third-order valence-corrected chi connectivity index (χ3v) is 3.83. The average Bonchev–Trinajstić information content (AvgIpc) is 2.63. The fourth-order valence-electron chi connectivity index (χ4n) is 2.59. The van der Waals surface area contributed by atoms with Crippen molar-refractivity contribution >= 4 is 6.47 Å². The van der Waals surface area contributed by atoms with Crippen LogP contribution in [0.25, 0.3) is 0 Å². The number of β-amino-alcohol motifs (C(OH)–C–C–N with tert-alkyl or cyclic N) is 1. The van der Waals surface area contributed by atoms with Gasteiger partial charge in [-0.3, -0.25) is 4.79 Å². The summed E-state index contributed by atoms with van der Waals surface area (Å²) in [6.07, 6.45) is 1.91. The van der Waals surface area contributed by atoms with Crippen molar-refractivity contribution in [1.82, 2.24) is 5.32 Å². The number of carbonyl (C=O) groups excluding carboxylic acids is 1. The molecule has 1 unspecified atom stereocenters. The molecule has 1 aliphatic rings. The van der Waals surface area contributed by atoms with Crippen LogP contribution in [-0.2, 0) is 21.7 Å². The molecule has 3 rings (SSSR count). The van der Waals surface area contributed by atoms with Gasteiger partial charge in [0.1, 0.15) is 12.2 Å². The number of piperidine rings is 1. The Bertz CT molecular complexity index is 566. The van der Waals surface area contributed by atoms with Crippen LogP contribution in [0.5, 0.6) is 0 Å². The molecule has 1 aliphatic heterocycles. The number of hydrogen-bond acceptors (Lipinski definition) is 4. The first-order valence-electron chi connectivity index (χ1n) is 7.82. The predicted octanol–water partition coefficient (Wildman–Crippen LogP) is 2.62. The number of ether oxygens (including phenoxy) is 1. The lowest BCUT2D eigenvalue weighted by Gasteiger charge is -2.33. The number of carbonyl (C=O) groups is 1. The minimum absolute atomic E-state index is 0.365. The van der Waals surface area contributed by atoms with Crippen LogP contribution in [0.3, 0.4) is 0 Å². The first kappa shape index (κ1) is 17.2. The van der Waals surface area contributed by atoms with Crippen molar-refractivity contribution in [3.63, 3.8) is 0 Å². The van der Waals surface area contributed by atoms with Gasteiger partial charge in [-0.25, -0.2) is 0 Å². The molecule has 4 nitrogen and oxygen atoms in total. The standard InChI is InChI=1S/C11H15NO.C8H8O2/c13-11(7-4-8-12-9-11)10-5-2-1-3-6-10;9-7-10-6-8-4-2-1-3-5-8/h1-3,5-6,12-13H,4,7-9H2;1-5,7H,6H2. The van der Waals surface area contributed by atoms with E-state index in [0.29, 0.717) is 19.6 Å². The van der Waals surface area contributed by atoms with Crippen molar-refractivity contribution in [2.45, 2.75) is 25.0 Å². The van der Waals surface area contributed by atoms with E-state index in [4.69, 9.17) is 0 Å². The smallest absolute Gasteiger partial charge is 0.293 e. The number of rotatable bonds is 4. The van der Waals surface area contributed by atoms with E-state index in [-0.39, 0.29) is 0 Å². The molecule has 122 valence electrons. The lowest BCUT2D eigenvalue weighted by atomic mass is 9.87. The molecule has 0 aliphatic carbocycles. The van der Waals surface area contributed by atoms with E-state index in [1.165, 1.54) is 0 Å². The van der Waals surface area contributed by atoms with Gasteiger partial charge in [-0.15, -0.1) is 0 Å². The quantitative estimate of drug-likeness (QED) is 0.852. The Morgan fingerprint density at radius 3 is 2.30 bits per heavy atom. The summed E-state index contributed by atoms with van der Waals surface area (Å²) >= 11 is 0. The van der Waals surface area contributed by atoms with Gasteiger partial charge in [0.15, 0.2) is 0 Å². The third-order valence-electron chi connectivity index (χ3n) is 3.83. The first-order chi connectivity index (χ1) is 11.2. The van der Waals surface area contributed by atoms with Crippen LogP contribution < -0.4 is 5.32 Å². The Labute approximate surface area is 137 Å². The van der Waals surface area contributed by atoms with Crippen LogP contribution in [-0.4, -0.2) is 24.7 Å². The molecule has 0 amide bonds. The largest absolute Gasteiger partial charge is 0.463 e. The van der Waals surface area contributed by atoms with Crippen LogP contribution in [0.1, 0.15) is 24.0 Å². The topological polar surface area (TPSA) is 58.6 Å². The van der Waals surface area contributed by atoms with Crippen molar-refractivity contribution in [3.05, 3.63) is 71.8 Å². The molecule has 1 atom stereocenters. The minimum Gasteiger partial charge on any atom is -0.463 e. The van der Waals surface area contributed by atoms with Crippen LogP contribution in [0.4, 0.5) is 0 Å². The van der Waals surface area contributed by atoms with Crippen LogP contribution in [0.2, 0.25) is 0 Å². The molecule has 0 aromatic heterocycles. The molecule has 0 radical (unpaired) electrons. The van der Waals surface area contributed by atoms with E-state index < -0.39 is 5.60 Å². The number of nitrogens with one attached hydrogen (secondary N) is 1. The monoisotopic (exact) mass is 313 g/mol. The van der Waals surface area contributed by atoms with Crippen LogP contribution in [0.15, 0.2) is 60.7 Å². The maximum atomic E-state index is 10.3. The minimum atomic E-state index is -0.639. The van der Waals surface area contributed by atoms with Gasteiger partial charge in [0.2, 0.25) is 0 Å². The Morgan fingerprint density at radius 1 is 1.09 bits per heavy atom. The van der Waals surface area contributed by atoms with Gasteiger partial charge in [0.25, 0.3) is 6.47 Å². The zero-order chi connectivity index (χ0) is 16.4. The Morgan fingerprint density at radius 2 is 1.74 bits per heavy atom. The van der Waals surface area contributed by atoms with Crippen molar-refractivity contribution < 1.29 is 14.6 Å². The summed E-state index contributed by atoms with van der Waals surface area (Å²) in [5, 5.41) is 13.5. The van der Waals surface area contributed by atoms with E-state index >= 15 is 0 Å². The fraction of sp³-hybridized carbons (Fsp3) is 0.316. The number of benzene rings is 2. The van der Waals surface area contributed by atoms with Crippen molar-refractivity contribution in [3.8, 4) is 0 Å². The lowest BCUT2D eigenvalue weighted by molar-refractivity contribution is -0.129. The van der Waals surface area contributed by atoms with Crippen molar-refractivity contribution in [2.24, 2.45) is 0 Å². The molecule has 2 N–H and O–H groups in total. The van der Waals surface area contributed by atoms with Gasteiger partial charge < -0.3 is 15.2 Å². The van der Waals surface area contributed by atoms with E-state index in [9.17, 15) is 9.90 Å². The van der Waals surface area contributed by atoms with Gasteiger partial charge >= 0.3 is 0 Å². The molecule has 1 fully saturated rings. The molecule has 2 aromatic carbocycles. The van der Waals surface area contributed by atoms with Gasteiger partial charge in [-0.1, -0.05) is 60.7 Å². The summed E-state index contributed by atoms with van der Waals surface area (Å²) in [7, 11) is 0. The highest BCUT2D eigenvalue weighted by molar-refractivity contribution is 5.37. The van der Waals surface area contributed by atoms with E-state index in [1.807, 2.05) is 60.7 Å². The maximum absolute atomic E-state index is 10.3. The zero-order valence-electron chi connectivity index (χ0n) is 13.2. The average molecular weight is 313 g/mol. The Balaban J connectivity index is 0.000000174. The van der Waals surface area contributed by atoms with Crippen molar-refractivity contribution in [1.29, 1.82) is 0 Å². The van der Waals surface area contributed by atoms with Gasteiger partial charge in [0, 0.05) is 6.54 Å². The summed E-state index contributed by atoms with van der Waals surface area (Å²) in [6.45, 7) is 2.52. The summed E-state index contributed by atoms with van der Waals surface area (Å²) in [4.78, 5) is 9.76. The molecule has 4 heteroatoms. The van der Waals surface area contributed by atoms with E-state index in [2.05, 4.69) is 10.1 Å². The molecule has 0 spiro atoms. The van der Waals surface area contributed by atoms with Crippen LogP contribution >= 0.6 is 0 Å². The highest BCUT2D eigenvalue weighted by Crippen LogP contribution is 2.27. The zero-order valence-corrected chi connectivity index (χ0v) is 13.2. The second-order valence-corrected chi connectivity index (χ2v) is 5.57. The fourth-order valence-corrected chi connectivity index (χ4v) is 2.59. The van der Waals surface area contributed by atoms with E-state index in [0.717, 1.165) is 30.5 Å². The first-order valence-corrected chi connectivity index (χ1v) is 7.82. The summed E-state index contributed by atoms with van der Waals surface area (Å²) in [5.74, 6) is 0. The molecule has 0 saturated carbocycles. The maximum Gasteiger partial charge on any atom is 0.293 e. The van der Waals surface area contributed by atoms with Crippen LogP contribution in [0, 0.1) is 0 Å². The normalized spacial score (nSPS) is 20.0. The molecular formula is C19H23NO3. The van der Waals surface area contributed by atoms with Gasteiger partial charge in [-0.2, -0.15) is 0 Å². The lowest BCUT2D eigenvalue weighted by Crippen LogP contribution is -2.43. The van der Waals surface area contributed by atoms with E-state index in [1.54, 1.807) is 0 Å². The Kier molecular flexibility index (Phi) is 6.78. The molecule has 23 heavy (non-hydrogen) atoms.